The van der Waals surface area contributed by atoms with E-state index in [1.54, 1.807) is 12.1 Å². The molecule has 1 rings (SSSR count). The molecular weight excluding hydrogens is 229 g/mol. The first-order valence-electron chi connectivity index (χ1n) is 4.39. The van der Waals surface area contributed by atoms with Gasteiger partial charge in [0.2, 0.25) is 0 Å². The number of alkyl halides is 3. The minimum atomic E-state index is -4.25. The lowest BCUT2D eigenvalue weighted by Crippen LogP contribution is -2.10. The zero-order valence-electron chi connectivity index (χ0n) is 7.76. The summed E-state index contributed by atoms with van der Waals surface area (Å²) in [6.07, 6.45) is -6.80. The molecule has 0 saturated carbocycles. The van der Waals surface area contributed by atoms with Crippen molar-refractivity contribution in [3.05, 3.63) is 34.9 Å². The Morgan fingerprint density at radius 3 is 2.40 bits per heavy atom. The van der Waals surface area contributed by atoms with Gasteiger partial charge in [-0.1, -0.05) is 29.8 Å². The number of aliphatic hydroxyl groups excluding tert-OH is 1. The maximum Gasteiger partial charge on any atom is 0.389 e. The quantitative estimate of drug-likeness (QED) is 0.851. The van der Waals surface area contributed by atoms with Gasteiger partial charge in [0.1, 0.15) is 0 Å². The summed E-state index contributed by atoms with van der Waals surface area (Å²) in [5.41, 5.74) is 0.336. The number of aliphatic hydroxyl groups is 1. The zero-order valence-corrected chi connectivity index (χ0v) is 8.52. The second-order valence-electron chi connectivity index (χ2n) is 3.19. The van der Waals surface area contributed by atoms with E-state index in [9.17, 15) is 18.3 Å². The average molecular weight is 239 g/mol. The molecule has 0 radical (unpaired) electrons. The van der Waals surface area contributed by atoms with E-state index in [1.165, 1.54) is 12.1 Å². The van der Waals surface area contributed by atoms with Gasteiger partial charge >= 0.3 is 6.18 Å². The third-order valence-electron chi connectivity index (χ3n) is 1.97. The van der Waals surface area contributed by atoms with Crippen molar-refractivity contribution in [3.8, 4) is 0 Å². The lowest BCUT2D eigenvalue weighted by Gasteiger charge is -2.13. The second kappa shape index (κ2) is 4.86. The van der Waals surface area contributed by atoms with Gasteiger partial charge in [0.25, 0.3) is 0 Å². The molecule has 0 spiro atoms. The van der Waals surface area contributed by atoms with Crippen LogP contribution >= 0.6 is 11.6 Å². The van der Waals surface area contributed by atoms with Crippen LogP contribution in [0.4, 0.5) is 13.2 Å². The van der Waals surface area contributed by atoms with Gasteiger partial charge in [-0.05, 0) is 18.1 Å². The van der Waals surface area contributed by atoms with Crippen LogP contribution in [0.15, 0.2) is 24.3 Å². The van der Waals surface area contributed by atoms with Crippen molar-refractivity contribution < 1.29 is 18.3 Å². The molecule has 1 unspecified atom stereocenters. The smallest absolute Gasteiger partial charge is 0.388 e. The van der Waals surface area contributed by atoms with Crippen LogP contribution in [0.25, 0.3) is 0 Å². The van der Waals surface area contributed by atoms with Gasteiger partial charge in [-0.15, -0.1) is 0 Å². The standard InChI is InChI=1S/C10H10ClF3O/c11-8-4-2-1-3-7(8)9(15)5-6-10(12,13)14/h1-4,9,15H,5-6H2. The highest BCUT2D eigenvalue weighted by Crippen LogP contribution is 2.30. The van der Waals surface area contributed by atoms with Gasteiger partial charge in [0.15, 0.2) is 0 Å². The van der Waals surface area contributed by atoms with Gasteiger partial charge in [-0.2, -0.15) is 13.2 Å². The Morgan fingerprint density at radius 2 is 1.87 bits per heavy atom. The highest BCUT2D eigenvalue weighted by atomic mass is 35.5. The molecule has 84 valence electrons. The van der Waals surface area contributed by atoms with Crippen molar-refractivity contribution in [1.82, 2.24) is 0 Å². The third kappa shape index (κ3) is 4.10. The second-order valence-corrected chi connectivity index (χ2v) is 3.60. The van der Waals surface area contributed by atoms with Gasteiger partial charge in [0, 0.05) is 11.4 Å². The Kier molecular flexibility index (Phi) is 3.99. The number of hydrogen-bond donors (Lipinski definition) is 1. The van der Waals surface area contributed by atoms with Gasteiger partial charge in [0.05, 0.1) is 6.10 Å². The van der Waals surface area contributed by atoms with Crippen LogP contribution < -0.4 is 0 Å². The Labute approximate surface area is 90.5 Å². The van der Waals surface area contributed by atoms with Crippen LogP contribution in [0.5, 0.6) is 0 Å². The van der Waals surface area contributed by atoms with Gasteiger partial charge in [-0.3, -0.25) is 0 Å². The molecule has 0 aliphatic heterocycles. The molecule has 0 aromatic heterocycles. The van der Waals surface area contributed by atoms with Crippen LogP contribution in [0.3, 0.4) is 0 Å². The molecule has 0 fully saturated rings. The van der Waals surface area contributed by atoms with E-state index in [1.807, 2.05) is 0 Å². The molecule has 1 aromatic rings. The molecule has 0 heterocycles. The molecule has 0 aliphatic carbocycles. The fourth-order valence-corrected chi connectivity index (χ4v) is 1.46. The van der Waals surface area contributed by atoms with Crippen molar-refractivity contribution in [2.24, 2.45) is 0 Å². The molecule has 1 atom stereocenters. The summed E-state index contributed by atoms with van der Waals surface area (Å²) in [5, 5.41) is 9.76. The van der Waals surface area contributed by atoms with Crippen LogP contribution in [0.1, 0.15) is 24.5 Å². The summed E-state index contributed by atoms with van der Waals surface area (Å²) in [7, 11) is 0. The third-order valence-corrected chi connectivity index (χ3v) is 2.31. The minimum Gasteiger partial charge on any atom is -0.388 e. The van der Waals surface area contributed by atoms with Crippen molar-refractivity contribution in [1.29, 1.82) is 0 Å². The van der Waals surface area contributed by atoms with Crippen LogP contribution in [-0.4, -0.2) is 11.3 Å². The molecular formula is C10H10ClF3O. The van der Waals surface area contributed by atoms with Crippen molar-refractivity contribution in [2.45, 2.75) is 25.1 Å². The fourth-order valence-electron chi connectivity index (χ4n) is 1.20. The summed E-state index contributed by atoms with van der Waals surface area (Å²) >= 11 is 5.73. The Hall–Kier alpha value is -0.740. The lowest BCUT2D eigenvalue weighted by atomic mass is 10.0. The van der Waals surface area contributed by atoms with Crippen LogP contribution in [-0.2, 0) is 0 Å². The molecule has 0 saturated heterocycles. The molecule has 0 aliphatic rings. The van der Waals surface area contributed by atoms with Crippen LogP contribution in [0, 0.1) is 0 Å². The first-order chi connectivity index (χ1) is 6.90. The van der Waals surface area contributed by atoms with E-state index in [0.717, 1.165) is 0 Å². The summed E-state index contributed by atoms with van der Waals surface area (Å²) in [4.78, 5) is 0. The summed E-state index contributed by atoms with van der Waals surface area (Å²) in [5.74, 6) is 0. The Balaban J connectivity index is 2.62. The van der Waals surface area contributed by atoms with E-state index in [4.69, 9.17) is 11.6 Å². The fraction of sp³-hybridized carbons (Fsp3) is 0.400. The minimum absolute atomic E-state index is 0.284. The molecule has 0 bridgehead atoms. The average Bonchev–Trinajstić information content (AvgIpc) is 2.14. The molecule has 15 heavy (non-hydrogen) atoms. The monoisotopic (exact) mass is 238 g/mol. The van der Waals surface area contributed by atoms with Crippen molar-refractivity contribution in [2.75, 3.05) is 0 Å². The molecule has 1 N–H and O–H groups in total. The molecule has 1 nitrogen and oxygen atoms in total. The predicted octanol–water partition coefficient (Wildman–Crippen LogP) is 3.72. The first-order valence-corrected chi connectivity index (χ1v) is 4.77. The van der Waals surface area contributed by atoms with Gasteiger partial charge < -0.3 is 5.11 Å². The maximum absolute atomic E-state index is 11.9. The van der Waals surface area contributed by atoms with E-state index >= 15 is 0 Å². The number of halogens is 4. The van der Waals surface area contributed by atoms with Crippen molar-refractivity contribution in [3.63, 3.8) is 0 Å². The summed E-state index contributed by atoms with van der Waals surface area (Å²) in [6.45, 7) is 0. The van der Waals surface area contributed by atoms with E-state index in [-0.39, 0.29) is 11.4 Å². The Morgan fingerprint density at radius 1 is 1.27 bits per heavy atom. The normalized spacial score (nSPS) is 13.9. The summed E-state index contributed by atoms with van der Waals surface area (Å²) in [6, 6.07) is 6.33. The number of hydrogen-bond acceptors (Lipinski definition) is 1. The molecule has 5 heteroatoms. The Bertz CT molecular complexity index is 325. The van der Waals surface area contributed by atoms with Gasteiger partial charge in [-0.25, -0.2) is 0 Å². The number of benzene rings is 1. The van der Waals surface area contributed by atoms with E-state index < -0.39 is 18.7 Å². The first kappa shape index (κ1) is 12.3. The summed E-state index contributed by atoms with van der Waals surface area (Å²) < 4.78 is 35.7. The largest absolute Gasteiger partial charge is 0.389 e. The highest BCUT2D eigenvalue weighted by Gasteiger charge is 2.28. The topological polar surface area (TPSA) is 20.2 Å². The molecule has 1 aromatic carbocycles. The van der Waals surface area contributed by atoms with Crippen molar-refractivity contribution >= 4 is 11.6 Å². The number of rotatable bonds is 3. The van der Waals surface area contributed by atoms with Crippen LogP contribution in [0.2, 0.25) is 5.02 Å². The van der Waals surface area contributed by atoms with E-state index in [2.05, 4.69) is 0 Å². The lowest BCUT2D eigenvalue weighted by molar-refractivity contribution is -0.140. The predicted molar refractivity (Wildman–Crippen MR) is 51.7 cm³/mol. The SMILES string of the molecule is OC(CCC(F)(F)F)c1ccccc1Cl. The highest BCUT2D eigenvalue weighted by molar-refractivity contribution is 6.31. The zero-order chi connectivity index (χ0) is 11.5. The molecule has 0 amide bonds. The van der Waals surface area contributed by atoms with E-state index in [0.29, 0.717) is 5.56 Å². The maximum atomic E-state index is 11.9.